The summed E-state index contributed by atoms with van der Waals surface area (Å²) in [7, 11) is 0. The zero-order valence-corrected chi connectivity index (χ0v) is 9.02. The van der Waals surface area contributed by atoms with E-state index in [2.05, 4.69) is 14.7 Å². The highest BCUT2D eigenvalue weighted by molar-refractivity contribution is 8.03. The van der Waals surface area contributed by atoms with Crippen LogP contribution >= 0.6 is 11.8 Å². The molecule has 0 saturated carbocycles. The van der Waals surface area contributed by atoms with E-state index < -0.39 is 0 Å². The van der Waals surface area contributed by atoms with Gasteiger partial charge in [-0.25, -0.2) is 0 Å². The van der Waals surface area contributed by atoms with Gasteiger partial charge in [0.15, 0.2) is 5.82 Å². The molecule has 0 amide bonds. The molecule has 0 N–H and O–H groups in total. The van der Waals surface area contributed by atoms with Gasteiger partial charge in [-0.15, -0.1) is 0 Å². The summed E-state index contributed by atoms with van der Waals surface area (Å²) < 4.78 is 4.61. The molecule has 16 heavy (non-hydrogen) atoms. The third-order valence-corrected chi connectivity index (χ3v) is 2.41. The minimum Gasteiger partial charge on any atom is -0.342 e. The van der Waals surface area contributed by atoms with Crippen molar-refractivity contribution in [1.82, 2.24) is 10.1 Å². The van der Waals surface area contributed by atoms with Crippen molar-refractivity contribution in [2.24, 2.45) is 0 Å². The Bertz CT molecular complexity index is 528. The van der Waals surface area contributed by atoms with E-state index in [1.807, 2.05) is 35.7 Å². The highest BCUT2D eigenvalue weighted by Crippen LogP contribution is 2.18. The first-order chi connectivity index (χ1) is 7.88. The third-order valence-electron chi connectivity index (χ3n) is 1.82. The zero-order valence-electron chi connectivity index (χ0n) is 8.20. The maximum atomic E-state index is 8.55. The van der Waals surface area contributed by atoms with Gasteiger partial charge >= 0.3 is 0 Å². The first kappa shape index (κ1) is 10.5. The summed E-state index contributed by atoms with van der Waals surface area (Å²) >= 11 is 1.13. The molecule has 0 aliphatic rings. The van der Waals surface area contributed by atoms with Crippen LogP contribution < -0.4 is 0 Å². The smallest absolute Gasteiger partial charge is 0.214 e. The molecule has 0 radical (unpaired) electrons. The lowest BCUT2D eigenvalue weighted by Crippen LogP contribution is -1.76. The highest BCUT2D eigenvalue weighted by atomic mass is 32.2. The van der Waals surface area contributed by atoms with Crippen molar-refractivity contribution >= 4 is 23.9 Å². The standard InChI is InChI=1S/C11H7N3OS/c12-7-16-10-3-1-2-9(6-10)4-5-11-13-8-15-14-11/h1-6,8H. The van der Waals surface area contributed by atoms with Crippen molar-refractivity contribution in [2.75, 3.05) is 0 Å². The number of hydrogen-bond acceptors (Lipinski definition) is 5. The van der Waals surface area contributed by atoms with Crippen molar-refractivity contribution < 1.29 is 4.52 Å². The third kappa shape index (κ3) is 2.72. The van der Waals surface area contributed by atoms with Crippen molar-refractivity contribution in [3.05, 3.63) is 42.0 Å². The molecule has 1 heterocycles. The van der Waals surface area contributed by atoms with Crippen molar-refractivity contribution in [2.45, 2.75) is 4.90 Å². The number of nitriles is 1. The SMILES string of the molecule is N#CSc1cccc(C=Cc2ncon2)c1. The molecular formula is C11H7N3OS. The van der Waals surface area contributed by atoms with Crippen LogP contribution in [0.2, 0.25) is 0 Å². The molecule has 4 nitrogen and oxygen atoms in total. The first-order valence-electron chi connectivity index (χ1n) is 4.49. The minimum atomic E-state index is 0.526. The maximum Gasteiger partial charge on any atom is 0.214 e. The number of thioether (sulfide) groups is 1. The molecule has 0 atom stereocenters. The fraction of sp³-hybridized carbons (Fsp3) is 0. The van der Waals surface area contributed by atoms with Crippen LogP contribution in [0.1, 0.15) is 11.4 Å². The molecule has 0 saturated heterocycles. The number of benzene rings is 1. The lowest BCUT2D eigenvalue weighted by molar-refractivity contribution is 0.415. The van der Waals surface area contributed by atoms with Crippen molar-refractivity contribution in [3.63, 3.8) is 0 Å². The Kier molecular flexibility index (Phi) is 3.36. The highest BCUT2D eigenvalue weighted by Gasteiger charge is 1.94. The van der Waals surface area contributed by atoms with E-state index in [1.54, 1.807) is 6.08 Å². The number of nitrogens with zero attached hydrogens (tertiary/aromatic N) is 3. The monoisotopic (exact) mass is 229 g/mol. The van der Waals surface area contributed by atoms with E-state index in [0.29, 0.717) is 5.82 Å². The van der Waals surface area contributed by atoms with Crippen LogP contribution in [-0.4, -0.2) is 10.1 Å². The van der Waals surface area contributed by atoms with Crippen LogP contribution in [0.25, 0.3) is 12.2 Å². The second-order valence-corrected chi connectivity index (χ2v) is 3.75. The van der Waals surface area contributed by atoms with Gasteiger partial charge in [-0.1, -0.05) is 23.4 Å². The van der Waals surface area contributed by atoms with Gasteiger partial charge in [0.1, 0.15) is 5.40 Å². The van der Waals surface area contributed by atoms with Crippen LogP contribution in [0.3, 0.4) is 0 Å². The number of aromatic nitrogens is 2. The summed E-state index contributed by atoms with van der Waals surface area (Å²) in [5, 5.41) is 14.2. The van der Waals surface area contributed by atoms with E-state index in [1.165, 1.54) is 6.39 Å². The molecular weight excluding hydrogens is 222 g/mol. The van der Waals surface area contributed by atoms with Crippen LogP contribution in [-0.2, 0) is 0 Å². The summed E-state index contributed by atoms with van der Waals surface area (Å²) in [6, 6.07) is 7.65. The zero-order chi connectivity index (χ0) is 11.2. The van der Waals surface area contributed by atoms with Gasteiger partial charge in [0.05, 0.1) is 0 Å². The molecule has 78 valence electrons. The average Bonchev–Trinajstić information content (AvgIpc) is 2.80. The Hall–Kier alpha value is -2.06. The normalized spacial score (nSPS) is 10.4. The molecule has 0 aliphatic carbocycles. The minimum absolute atomic E-state index is 0.526. The molecule has 0 spiro atoms. The molecule has 0 aliphatic heterocycles. The van der Waals surface area contributed by atoms with E-state index in [4.69, 9.17) is 5.26 Å². The van der Waals surface area contributed by atoms with Gasteiger partial charge in [-0.2, -0.15) is 10.2 Å². The van der Waals surface area contributed by atoms with Gasteiger partial charge in [0.2, 0.25) is 6.39 Å². The fourth-order valence-electron chi connectivity index (χ4n) is 1.16. The lowest BCUT2D eigenvalue weighted by Gasteiger charge is -1.95. The number of thiocyanates is 1. The maximum absolute atomic E-state index is 8.55. The summed E-state index contributed by atoms with van der Waals surface area (Å²) in [5.74, 6) is 0.526. The molecule has 0 fully saturated rings. The topological polar surface area (TPSA) is 62.7 Å². The molecule has 5 heteroatoms. The molecule has 0 unspecified atom stereocenters. The lowest BCUT2D eigenvalue weighted by atomic mass is 10.2. The summed E-state index contributed by atoms with van der Waals surface area (Å²) in [6.07, 6.45) is 4.90. The van der Waals surface area contributed by atoms with Gasteiger partial charge in [-0.3, -0.25) is 0 Å². The Morgan fingerprint density at radius 3 is 3.06 bits per heavy atom. The Morgan fingerprint density at radius 2 is 2.31 bits per heavy atom. The molecule has 1 aromatic carbocycles. The summed E-state index contributed by atoms with van der Waals surface area (Å²) in [5.41, 5.74) is 0.991. The average molecular weight is 229 g/mol. The first-order valence-corrected chi connectivity index (χ1v) is 5.30. The summed E-state index contributed by atoms with van der Waals surface area (Å²) in [4.78, 5) is 4.78. The van der Waals surface area contributed by atoms with Gasteiger partial charge in [-0.05, 0) is 35.5 Å². The van der Waals surface area contributed by atoms with Crippen molar-refractivity contribution in [1.29, 1.82) is 5.26 Å². The van der Waals surface area contributed by atoms with E-state index in [9.17, 15) is 0 Å². The van der Waals surface area contributed by atoms with Gasteiger partial charge in [0, 0.05) is 4.90 Å². The van der Waals surface area contributed by atoms with E-state index in [-0.39, 0.29) is 0 Å². The largest absolute Gasteiger partial charge is 0.342 e. The number of rotatable bonds is 3. The molecule has 2 rings (SSSR count). The predicted octanol–water partition coefficient (Wildman–Crippen LogP) is 2.81. The molecule has 0 bridgehead atoms. The van der Waals surface area contributed by atoms with Crippen LogP contribution in [0.4, 0.5) is 0 Å². The Labute approximate surface area is 96.6 Å². The second kappa shape index (κ2) is 5.14. The van der Waals surface area contributed by atoms with Crippen molar-refractivity contribution in [3.8, 4) is 5.40 Å². The van der Waals surface area contributed by atoms with E-state index >= 15 is 0 Å². The fourth-order valence-corrected chi connectivity index (χ4v) is 1.60. The summed E-state index contributed by atoms with van der Waals surface area (Å²) in [6.45, 7) is 0. The van der Waals surface area contributed by atoms with Gasteiger partial charge < -0.3 is 4.52 Å². The Balaban J connectivity index is 2.16. The van der Waals surface area contributed by atoms with Crippen LogP contribution in [0.5, 0.6) is 0 Å². The van der Waals surface area contributed by atoms with Crippen LogP contribution in [0, 0.1) is 10.7 Å². The molecule has 2 aromatic rings. The second-order valence-electron chi connectivity index (χ2n) is 2.89. The van der Waals surface area contributed by atoms with E-state index in [0.717, 1.165) is 22.2 Å². The Morgan fingerprint density at radius 1 is 1.38 bits per heavy atom. The predicted molar refractivity (Wildman–Crippen MR) is 61.1 cm³/mol. The van der Waals surface area contributed by atoms with Gasteiger partial charge in [0.25, 0.3) is 0 Å². The van der Waals surface area contributed by atoms with Crippen LogP contribution in [0.15, 0.2) is 40.1 Å². The quantitative estimate of drug-likeness (QED) is 0.598. The number of hydrogen-bond donors (Lipinski definition) is 0. The molecule has 1 aromatic heterocycles.